The molecular formula is C29H28N2O3. The standard InChI is InChI=1S/C29H28N2O3/c1-18-9-8-13-25(19(18)2)30-27(32)23-12-6-7-14-26(23)31-28(33)22-16-15-21(17-24(22)29(31)34)20-10-4-3-5-11-20/h3-14,21-22,24H,15-17H2,1-2H3,(H,30,32). The number of fused-ring (bicyclic) bond motifs is 1. The van der Waals surface area contributed by atoms with Crippen molar-refractivity contribution in [3.63, 3.8) is 0 Å². The molecule has 1 saturated carbocycles. The van der Waals surface area contributed by atoms with Crippen molar-refractivity contribution in [1.29, 1.82) is 0 Å². The molecule has 1 aliphatic carbocycles. The van der Waals surface area contributed by atoms with Gasteiger partial charge in [0.25, 0.3) is 5.91 Å². The van der Waals surface area contributed by atoms with E-state index in [0.29, 0.717) is 24.1 Å². The SMILES string of the molecule is Cc1cccc(NC(=O)c2ccccc2N2C(=O)C3CCC(c4ccccc4)CC3C2=O)c1C. The Balaban J connectivity index is 1.42. The average molecular weight is 453 g/mol. The van der Waals surface area contributed by atoms with Crippen molar-refractivity contribution in [2.24, 2.45) is 11.8 Å². The molecule has 0 radical (unpaired) electrons. The average Bonchev–Trinajstić information content (AvgIpc) is 3.11. The lowest BCUT2D eigenvalue weighted by Gasteiger charge is -2.28. The summed E-state index contributed by atoms with van der Waals surface area (Å²) in [5.41, 5.74) is 4.69. The Morgan fingerprint density at radius 1 is 0.824 bits per heavy atom. The molecule has 5 nitrogen and oxygen atoms in total. The van der Waals surface area contributed by atoms with Gasteiger partial charge in [-0.2, -0.15) is 0 Å². The lowest BCUT2D eigenvalue weighted by Crippen LogP contribution is -2.33. The first-order valence-corrected chi connectivity index (χ1v) is 11.8. The number of aryl methyl sites for hydroxylation is 1. The van der Waals surface area contributed by atoms with E-state index < -0.39 is 0 Å². The number of nitrogens with zero attached hydrogens (tertiary/aromatic N) is 1. The maximum Gasteiger partial charge on any atom is 0.257 e. The quantitative estimate of drug-likeness (QED) is 0.522. The molecular weight excluding hydrogens is 424 g/mol. The second-order valence-corrected chi connectivity index (χ2v) is 9.36. The second-order valence-electron chi connectivity index (χ2n) is 9.36. The molecule has 3 unspecified atom stereocenters. The van der Waals surface area contributed by atoms with Crippen LogP contribution >= 0.6 is 0 Å². The van der Waals surface area contributed by atoms with Crippen LogP contribution in [0.2, 0.25) is 0 Å². The Labute approximate surface area is 199 Å². The minimum atomic E-state index is -0.346. The summed E-state index contributed by atoms with van der Waals surface area (Å²) in [5, 5.41) is 2.96. The monoisotopic (exact) mass is 452 g/mol. The van der Waals surface area contributed by atoms with Crippen LogP contribution in [0.1, 0.15) is 52.2 Å². The van der Waals surface area contributed by atoms with Crippen LogP contribution in [0.3, 0.4) is 0 Å². The van der Waals surface area contributed by atoms with Crippen LogP contribution in [-0.4, -0.2) is 17.7 Å². The molecule has 5 heteroatoms. The zero-order chi connectivity index (χ0) is 23.8. The number of nitrogens with one attached hydrogen (secondary N) is 1. The van der Waals surface area contributed by atoms with Gasteiger partial charge in [0.1, 0.15) is 0 Å². The van der Waals surface area contributed by atoms with E-state index in [1.165, 1.54) is 10.5 Å². The summed E-state index contributed by atoms with van der Waals surface area (Å²) in [4.78, 5) is 41.5. The minimum absolute atomic E-state index is 0.187. The van der Waals surface area contributed by atoms with Crippen molar-refractivity contribution in [3.05, 3.63) is 95.1 Å². The van der Waals surface area contributed by atoms with Gasteiger partial charge in [-0.05, 0) is 73.9 Å². The van der Waals surface area contributed by atoms with Gasteiger partial charge in [0.15, 0.2) is 0 Å². The number of hydrogen-bond donors (Lipinski definition) is 1. The predicted octanol–water partition coefficient (Wildman–Crippen LogP) is 5.63. The molecule has 0 spiro atoms. The van der Waals surface area contributed by atoms with Gasteiger partial charge in [-0.15, -0.1) is 0 Å². The van der Waals surface area contributed by atoms with Crippen LogP contribution in [0.4, 0.5) is 11.4 Å². The van der Waals surface area contributed by atoms with E-state index in [4.69, 9.17) is 0 Å². The van der Waals surface area contributed by atoms with Crippen molar-refractivity contribution >= 4 is 29.1 Å². The molecule has 1 heterocycles. The molecule has 3 aromatic rings. The lowest BCUT2D eigenvalue weighted by molar-refractivity contribution is -0.122. The van der Waals surface area contributed by atoms with Gasteiger partial charge in [0.2, 0.25) is 11.8 Å². The van der Waals surface area contributed by atoms with Gasteiger partial charge in [0, 0.05) is 5.69 Å². The van der Waals surface area contributed by atoms with Crippen molar-refractivity contribution in [3.8, 4) is 0 Å². The predicted molar refractivity (Wildman–Crippen MR) is 133 cm³/mol. The molecule has 2 aliphatic rings. The van der Waals surface area contributed by atoms with Crippen molar-refractivity contribution in [2.75, 3.05) is 10.2 Å². The molecule has 1 N–H and O–H groups in total. The minimum Gasteiger partial charge on any atom is -0.322 e. The summed E-state index contributed by atoms with van der Waals surface area (Å²) < 4.78 is 0. The summed E-state index contributed by atoms with van der Waals surface area (Å²) in [6.07, 6.45) is 2.22. The molecule has 0 bridgehead atoms. The normalized spacial score (nSPS) is 21.9. The Hall–Kier alpha value is -3.73. The summed E-state index contributed by atoms with van der Waals surface area (Å²) >= 11 is 0. The molecule has 172 valence electrons. The third-order valence-corrected chi connectivity index (χ3v) is 7.44. The second kappa shape index (κ2) is 8.90. The van der Waals surface area contributed by atoms with Crippen molar-refractivity contribution in [1.82, 2.24) is 0 Å². The topological polar surface area (TPSA) is 66.5 Å². The largest absolute Gasteiger partial charge is 0.322 e. The Bertz CT molecular complexity index is 1270. The van der Waals surface area contributed by atoms with Crippen LogP contribution < -0.4 is 10.2 Å². The number of anilines is 2. The molecule has 0 aromatic heterocycles. The van der Waals surface area contributed by atoms with E-state index in [1.807, 2.05) is 50.2 Å². The molecule has 3 aromatic carbocycles. The highest BCUT2D eigenvalue weighted by Crippen LogP contribution is 2.46. The van der Waals surface area contributed by atoms with E-state index in [-0.39, 0.29) is 35.5 Å². The number of para-hydroxylation sites is 1. The van der Waals surface area contributed by atoms with Gasteiger partial charge in [-0.3, -0.25) is 14.4 Å². The zero-order valence-electron chi connectivity index (χ0n) is 19.5. The van der Waals surface area contributed by atoms with Crippen molar-refractivity contribution in [2.45, 2.75) is 39.0 Å². The van der Waals surface area contributed by atoms with Crippen LogP contribution in [0.25, 0.3) is 0 Å². The van der Waals surface area contributed by atoms with E-state index in [2.05, 4.69) is 17.4 Å². The van der Waals surface area contributed by atoms with E-state index in [9.17, 15) is 14.4 Å². The fourth-order valence-corrected chi connectivity index (χ4v) is 5.38. The first kappa shape index (κ1) is 22.1. The number of rotatable bonds is 4. The molecule has 3 amide bonds. The number of carbonyl (C=O) groups is 3. The van der Waals surface area contributed by atoms with Gasteiger partial charge in [-0.1, -0.05) is 54.6 Å². The van der Waals surface area contributed by atoms with Crippen LogP contribution in [0, 0.1) is 25.7 Å². The molecule has 1 saturated heterocycles. The van der Waals surface area contributed by atoms with E-state index in [1.54, 1.807) is 24.3 Å². The van der Waals surface area contributed by atoms with Gasteiger partial charge in [0.05, 0.1) is 23.1 Å². The van der Waals surface area contributed by atoms with Gasteiger partial charge in [-0.25, -0.2) is 4.90 Å². The molecule has 2 fully saturated rings. The zero-order valence-corrected chi connectivity index (χ0v) is 19.5. The number of benzene rings is 3. The number of carbonyl (C=O) groups excluding carboxylic acids is 3. The number of amides is 3. The fourth-order valence-electron chi connectivity index (χ4n) is 5.38. The number of hydrogen-bond acceptors (Lipinski definition) is 3. The summed E-state index contributed by atoms with van der Waals surface area (Å²) in [7, 11) is 0. The summed E-state index contributed by atoms with van der Waals surface area (Å²) in [6, 6.07) is 22.8. The summed E-state index contributed by atoms with van der Waals surface area (Å²) in [6.45, 7) is 3.95. The van der Waals surface area contributed by atoms with E-state index >= 15 is 0 Å². The Morgan fingerprint density at radius 2 is 1.53 bits per heavy atom. The fraction of sp³-hybridized carbons (Fsp3) is 0.276. The van der Waals surface area contributed by atoms with Gasteiger partial charge < -0.3 is 5.32 Å². The third-order valence-electron chi connectivity index (χ3n) is 7.44. The Morgan fingerprint density at radius 3 is 2.32 bits per heavy atom. The molecule has 5 rings (SSSR count). The molecule has 3 atom stereocenters. The third kappa shape index (κ3) is 3.81. The van der Waals surface area contributed by atoms with Crippen LogP contribution in [0.15, 0.2) is 72.8 Å². The highest BCUT2D eigenvalue weighted by atomic mass is 16.2. The Kier molecular flexibility index (Phi) is 5.78. The van der Waals surface area contributed by atoms with Crippen LogP contribution in [-0.2, 0) is 9.59 Å². The van der Waals surface area contributed by atoms with Gasteiger partial charge >= 0.3 is 0 Å². The first-order valence-electron chi connectivity index (χ1n) is 11.8. The first-order chi connectivity index (χ1) is 16.5. The molecule has 1 aliphatic heterocycles. The summed E-state index contributed by atoms with van der Waals surface area (Å²) in [5.74, 6) is -1.11. The van der Waals surface area contributed by atoms with Crippen molar-refractivity contribution < 1.29 is 14.4 Å². The maximum absolute atomic E-state index is 13.5. The number of imide groups is 1. The van der Waals surface area contributed by atoms with Crippen LogP contribution in [0.5, 0.6) is 0 Å². The molecule has 34 heavy (non-hydrogen) atoms. The lowest BCUT2D eigenvalue weighted by atomic mass is 9.73. The highest BCUT2D eigenvalue weighted by Gasteiger charge is 2.51. The maximum atomic E-state index is 13.5. The smallest absolute Gasteiger partial charge is 0.257 e. The highest BCUT2D eigenvalue weighted by molar-refractivity contribution is 6.25. The van der Waals surface area contributed by atoms with E-state index in [0.717, 1.165) is 23.2 Å².